The minimum Gasteiger partial charge on any atom is -0.353 e. The molecule has 0 N–H and O–H groups in total. The fraction of sp³-hybridized carbons (Fsp3) is 0.476. The molecule has 0 spiro atoms. The van der Waals surface area contributed by atoms with Gasteiger partial charge in [-0.15, -0.1) is 0 Å². The molecule has 1 atom stereocenters. The van der Waals surface area contributed by atoms with Crippen LogP contribution in [0.5, 0.6) is 0 Å². The van der Waals surface area contributed by atoms with E-state index in [1.165, 1.54) is 16.4 Å². The molecule has 8 heteroatoms. The average molecular weight is 416 g/mol. The van der Waals surface area contributed by atoms with E-state index in [0.29, 0.717) is 6.04 Å². The van der Waals surface area contributed by atoms with E-state index < -0.39 is 10.0 Å². The SMILES string of the molecule is CCn1c(CN2CCCC2c2cccn2C)nc2cc(S(=O)(=O)N(C)C)ccc21. The van der Waals surface area contributed by atoms with E-state index >= 15 is 0 Å². The molecule has 1 unspecified atom stereocenters. The van der Waals surface area contributed by atoms with Gasteiger partial charge in [0.15, 0.2) is 0 Å². The Labute approximate surface area is 172 Å². The van der Waals surface area contributed by atoms with Gasteiger partial charge in [-0.1, -0.05) is 0 Å². The Morgan fingerprint density at radius 3 is 2.69 bits per heavy atom. The maximum atomic E-state index is 12.5. The number of imidazole rings is 1. The van der Waals surface area contributed by atoms with Crippen molar-refractivity contribution in [2.24, 2.45) is 7.05 Å². The highest BCUT2D eigenvalue weighted by molar-refractivity contribution is 7.89. The first-order valence-electron chi connectivity index (χ1n) is 10.1. The van der Waals surface area contributed by atoms with Crippen LogP contribution in [-0.4, -0.2) is 52.4 Å². The number of aryl methyl sites for hydroxylation is 2. The lowest BCUT2D eigenvalue weighted by molar-refractivity contribution is 0.232. The molecular formula is C21H29N5O2S. The molecule has 0 aliphatic carbocycles. The molecular weight excluding hydrogens is 386 g/mol. The third-order valence-electron chi connectivity index (χ3n) is 5.93. The number of rotatable bonds is 6. The molecule has 0 radical (unpaired) electrons. The number of benzene rings is 1. The summed E-state index contributed by atoms with van der Waals surface area (Å²) in [5.74, 6) is 0.989. The summed E-state index contributed by atoms with van der Waals surface area (Å²) in [7, 11) is 1.72. The molecule has 1 aliphatic heterocycles. The molecule has 1 saturated heterocycles. The highest BCUT2D eigenvalue weighted by Gasteiger charge is 2.29. The molecule has 7 nitrogen and oxygen atoms in total. The van der Waals surface area contributed by atoms with E-state index in [1.807, 2.05) is 6.07 Å². The maximum absolute atomic E-state index is 12.5. The highest BCUT2D eigenvalue weighted by atomic mass is 32.2. The normalized spacial score (nSPS) is 18.3. The van der Waals surface area contributed by atoms with Gasteiger partial charge in [-0.3, -0.25) is 4.90 Å². The first-order valence-corrected chi connectivity index (χ1v) is 11.5. The summed E-state index contributed by atoms with van der Waals surface area (Å²) >= 11 is 0. The summed E-state index contributed by atoms with van der Waals surface area (Å²) in [5.41, 5.74) is 3.05. The molecule has 4 rings (SSSR count). The largest absolute Gasteiger partial charge is 0.353 e. The number of hydrogen-bond donors (Lipinski definition) is 0. The van der Waals surface area contributed by atoms with E-state index in [1.54, 1.807) is 26.2 Å². The monoisotopic (exact) mass is 415 g/mol. The van der Waals surface area contributed by atoms with Crippen molar-refractivity contribution >= 4 is 21.1 Å². The molecule has 3 aromatic rings. The predicted molar refractivity (Wildman–Crippen MR) is 114 cm³/mol. The molecule has 2 aromatic heterocycles. The lowest BCUT2D eigenvalue weighted by Crippen LogP contribution is -2.25. The quantitative estimate of drug-likeness (QED) is 0.621. The number of sulfonamides is 1. The van der Waals surface area contributed by atoms with Gasteiger partial charge in [-0.05, 0) is 56.6 Å². The minimum absolute atomic E-state index is 0.283. The van der Waals surface area contributed by atoms with Crippen LogP contribution in [0.15, 0.2) is 41.4 Å². The standard InChI is InChI=1S/C21H29N5O2S/c1-5-26-18-11-10-16(29(27,28)23(2)3)14-17(18)22-21(26)15-25-13-7-9-20(25)19-8-6-12-24(19)4/h6,8,10-12,14,20H,5,7,9,13,15H2,1-4H3. The molecule has 0 saturated carbocycles. The van der Waals surface area contributed by atoms with Crippen LogP contribution in [0.2, 0.25) is 0 Å². The number of likely N-dealkylation sites (tertiary alicyclic amines) is 1. The molecule has 1 aliphatic rings. The number of aromatic nitrogens is 3. The summed E-state index contributed by atoms with van der Waals surface area (Å²) in [5, 5.41) is 0. The summed E-state index contributed by atoms with van der Waals surface area (Å²) in [6.45, 7) is 4.71. The number of fused-ring (bicyclic) bond motifs is 1. The van der Waals surface area contributed by atoms with Crippen molar-refractivity contribution in [3.63, 3.8) is 0 Å². The molecule has 3 heterocycles. The third-order valence-corrected chi connectivity index (χ3v) is 7.74. The van der Waals surface area contributed by atoms with Gasteiger partial charge in [0.2, 0.25) is 10.0 Å². The third kappa shape index (κ3) is 3.49. The van der Waals surface area contributed by atoms with Gasteiger partial charge in [0.25, 0.3) is 0 Å². The van der Waals surface area contributed by atoms with Gasteiger partial charge >= 0.3 is 0 Å². The maximum Gasteiger partial charge on any atom is 0.242 e. The van der Waals surface area contributed by atoms with E-state index in [4.69, 9.17) is 4.98 Å². The van der Waals surface area contributed by atoms with Gasteiger partial charge in [0, 0.05) is 39.6 Å². The molecule has 1 fully saturated rings. The Balaban J connectivity index is 1.69. The Morgan fingerprint density at radius 1 is 1.24 bits per heavy atom. The zero-order chi connectivity index (χ0) is 20.8. The van der Waals surface area contributed by atoms with E-state index in [2.05, 4.69) is 46.3 Å². The van der Waals surface area contributed by atoms with Crippen LogP contribution in [0.1, 0.15) is 37.3 Å². The fourth-order valence-corrected chi connectivity index (χ4v) is 5.28. The van der Waals surface area contributed by atoms with Crippen LogP contribution in [0.25, 0.3) is 11.0 Å². The summed E-state index contributed by atoms with van der Waals surface area (Å²) in [6, 6.07) is 9.94. The van der Waals surface area contributed by atoms with Gasteiger partial charge in [0.1, 0.15) is 5.82 Å². The van der Waals surface area contributed by atoms with Gasteiger partial charge in [-0.25, -0.2) is 17.7 Å². The van der Waals surface area contributed by atoms with Crippen molar-refractivity contribution in [2.45, 2.75) is 43.8 Å². The summed E-state index contributed by atoms with van der Waals surface area (Å²) < 4.78 is 30.6. The fourth-order valence-electron chi connectivity index (χ4n) is 4.36. The van der Waals surface area contributed by atoms with Crippen LogP contribution in [0.3, 0.4) is 0 Å². The molecule has 0 amide bonds. The minimum atomic E-state index is -3.47. The Kier molecular flexibility index (Phi) is 5.27. The first-order chi connectivity index (χ1) is 13.8. The highest BCUT2D eigenvalue weighted by Crippen LogP contribution is 2.33. The average Bonchev–Trinajstić information content (AvgIpc) is 3.39. The second-order valence-electron chi connectivity index (χ2n) is 7.88. The number of nitrogens with zero attached hydrogens (tertiary/aromatic N) is 5. The smallest absolute Gasteiger partial charge is 0.242 e. The van der Waals surface area contributed by atoms with Crippen LogP contribution in [-0.2, 0) is 30.2 Å². The van der Waals surface area contributed by atoms with E-state index in [0.717, 1.165) is 42.9 Å². The van der Waals surface area contributed by atoms with Crippen LogP contribution in [0, 0.1) is 0 Å². The molecule has 29 heavy (non-hydrogen) atoms. The lowest BCUT2D eigenvalue weighted by atomic mass is 10.1. The topological polar surface area (TPSA) is 63.4 Å². The van der Waals surface area contributed by atoms with E-state index in [9.17, 15) is 8.42 Å². The Hall–Kier alpha value is -2.16. The van der Waals surface area contributed by atoms with Crippen molar-refractivity contribution in [2.75, 3.05) is 20.6 Å². The second-order valence-corrected chi connectivity index (χ2v) is 10.0. The lowest BCUT2D eigenvalue weighted by Gasteiger charge is -2.25. The van der Waals surface area contributed by atoms with Gasteiger partial charge in [-0.2, -0.15) is 0 Å². The van der Waals surface area contributed by atoms with Crippen molar-refractivity contribution in [3.8, 4) is 0 Å². The van der Waals surface area contributed by atoms with Crippen molar-refractivity contribution in [3.05, 3.63) is 48.0 Å². The summed E-state index contributed by atoms with van der Waals surface area (Å²) in [4.78, 5) is 7.62. The number of hydrogen-bond acceptors (Lipinski definition) is 4. The molecule has 1 aromatic carbocycles. The Morgan fingerprint density at radius 2 is 2.03 bits per heavy atom. The van der Waals surface area contributed by atoms with Crippen LogP contribution in [0.4, 0.5) is 0 Å². The van der Waals surface area contributed by atoms with Crippen molar-refractivity contribution in [1.29, 1.82) is 0 Å². The van der Waals surface area contributed by atoms with Crippen molar-refractivity contribution in [1.82, 2.24) is 23.3 Å². The zero-order valence-electron chi connectivity index (χ0n) is 17.5. The molecule has 156 valence electrons. The van der Waals surface area contributed by atoms with Crippen LogP contribution >= 0.6 is 0 Å². The second kappa shape index (κ2) is 7.59. The van der Waals surface area contributed by atoms with Gasteiger partial charge < -0.3 is 9.13 Å². The Bertz CT molecular complexity index is 1130. The first kappa shape index (κ1) is 20.1. The molecule has 0 bridgehead atoms. The predicted octanol–water partition coefficient (Wildman–Crippen LogP) is 2.98. The van der Waals surface area contributed by atoms with Gasteiger partial charge in [0.05, 0.1) is 28.5 Å². The zero-order valence-corrected chi connectivity index (χ0v) is 18.4. The van der Waals surface area contributed by atoms with Crippen LogP contribution < -0.4 is 0 Å². The van der Waals surface area contributed by atoms with Crippen molar-refractivity contribution < 1.29 is 8.42 Å². The summed E-state index contributed by atoms with van der Waals surface area (Å²) in [6.07, 6.45) is 4.42. The van der Waals surface area contributed by atoms with E-state index in [-0.39, 0.29) is 4.90 Å².